The number of rotatable bonds is 4. The molecule has 0 radical (unpaired) electrons. The van der Waals surface area contributed by atoms with Crippen molar-refractivity contribution < 1.29 is 9.18 Å². The van der Waals surface area contributed by atoms with Crippen LogP contribution in [-0.4, -0.2) is 18.3 Å². The number of amides is 1. The molecule has 1 fully saturated rings. The molecule has 0 aliphatic heterocycles. The van der Waals surface area contributed by atoms with Crippen LogP contribution in [0.15, 0.2) is 18.2 Å². The molecule has 4 heteroatoms. The van der Waals surface area contributed by atoms with Crippen molar-refractivity contribution in [3.05, 3.63) is 35.1 Å². The van der Waals surface area contributed by atoms with Gasteiger partial charge >= 0.3 is 0 Å². The van der Waals surface area contributed by atoms with E-state index in [1.807, 2.05) is 0 Å². The van der Waals surface area contributed by atoms with E-state index in [0.29, 0.717) is 23.6 Å². The van der Waals surface area contributed by atoms with Gasteiger partial charge in [0.1, 0.15) is 5.82 Å². The summed E-state index contributed by atoms with van der Waals surface area (Å²) in [5.41, 5.74) is 1.04. The Bertz CT molecular complexity index is 469. The topological polar surface area (TPSA) is 29.1 Å². The molecule has 1 aliphatic carbocycles. The molecule has 0 heterocycles. The largest absolute Gasteiger partial charge is 0.351 e. The first kappa shape index (κ1) is 14.3. The van der Waals surface area contributed by atoms with E-state index in [-0.39, 0.29) is 17.1 Å². The highest BCUT2D eigenvalue weighted by Gasteiger charge is 2.33. The van der Waals surface area contributed by atoms with E-state index >= 15 is 0 Å². The molecule has 0 aromatic heterocycles. The Morgan fingerprint density at radius 3 is 2.68 bits per heavy atom. The van der Waals surface area contributed by atoms with Gasteiger partial charge in [0.05, 0.1) is 0 Å². The quantitative estimate of drug-likeness (QED) is 0.840. The predicted octanol–water partition coefficient (Wildman–Crippen LogP) is 3.66. The van der Waals surface area contributed by atoms with Crippen molar-refractivity contribution >= 4 is 17.5 Å². The van der Waals surface area contributed by atoms with Gasteiger partial charge in [0, 0.05) is 23.4 Å². The molecule has 1 aromatic rings. The third-order valence-corrected chi connectivity index (χ3v) is 4.56. The molecule has 1 aromatic carbocycles. The molecule has 1 amide bonds. The fraction of sp³-hybridized carbons (Fsp3) is 0.533. The Hall–Kier alpha value is -1.09. The lowest BCUT2D eigenvalue weighted by Gasteiger charge is -2.26. The Labute approximate surface area is 118 Å². The monoisotopic (exact) mass is 283 g/mol. The number of nitrogens with one attached hydrogen (secondary N) is 1. The van der Waals surface area contributed by atoms with Gasteiger partial charge in [-0.1, -0.05) is 12.8 Å². The Balaban J connectivity index is 1.99. The maximum absolute atomic E-state index is 13.2. The van der Waals surface area contributed by atoms with E-state index in [9.17, 15) is 9.18 Å². The normalized spacial score (nSPS) is 17.4. The van der Waals surface area contributed by atoms with Gasteiger partial charge in [-0.2, -0.15) is 0 Å². The maximum Gasteiger partial charge on any atom is 0.251 e. The van der Waals surface area contributed by atoms with Gasteiger partial charge in [-0.25, -0.2) is 4.39 Å². The number of carbonyl (C=O) groups is 1. The average molecular weight is 284 g/mol. The molecule has 0 spiro atoms. The summed E-state index contributed by atoms with van der Waals surface area (Å²) in [5.74, 6) is 0.138. The van der Waals surface area contributed by atoms with E-state index in [2.05, 4.69) is 5.32 Å². The number of halogens is 2. The summed E-state index contributed by atoms with van der Waals surface area (Å²) >= 11 is 6.04. The lowest BCUT2D eigenvalue weighted by Crippen LogP contribution is -2.37. The first-order valence-corrected chi connectivity index (χ1v) is 7.20. The third kappa shape index (κ3) is 3.27. The van der Waals surface area contributed by atoms with E-state index in [1.165, 1.54) is 25.0 Å². The lowest BCUT2D eigenvalue weighted by atomic mass is 9.88. The predicted molar refractivity (Wildman–Crippen MR) is 75.1 cm³/mol. The average Bonchev–Trinajstić information content (AvgIpc) is 2.89. The number of alkyl halides is 1. The number of hydrogen-bond acceptors (Lipinski definition) is 1. The third-order valence-electron chi connectivity index (χ3n) is 3.99. The van der Waals surface area contributed by atoms with Gasteiger partial charge in [-0.05, 0) is 43.5 Å². The molecule has 0 atom stereocenters. The van der Waals surface area contributed by atoms with Gasteiger partial charge in [0.15, 0.2) is 0 Å². The van der Waals surface area contributed by atoms with Crippen LogP contribution in [-0.2, 0) is 0 Å². The minimum absolute atomic E-state index is 0.0479. The highest BCUT2D eigenvalue weighted by Crippen LogP contribution is 2.38. The first-order chi connectivity index (χ1) is 9.06. The van der Waals surface area contributed by atoms with Crippen molar-refractivity contribution in [2.24, 2.45) is 5.41 Å². The van der Waals surface area contributed by atoms with Crippen molar-refractivity contribution in [1.29, 1.82) is 0 Å². The molecule has 2 nitrogen and oxygen atoms in total. The summed E-state index contributed by atoms with van der Waals surface area (Å²) < 4.78 is 13.2. The molecule has 0 unspecified atom stereocenters. The minimum atomic E-state index is -0.287. The molecule has 1 N–H and O–H groups in total. The number of hydrogen-bond donors (Lipinski definition) is 1. The fourth-order valence-corrected chi connectivity index (χ4v) is 3.00. The molecule has 104 valence electrons. The van der Waals surface area contributed by atoms with Crippen LogP contribution in [0.25, 0.3) is 0 Å². The van der Waals surface area contributed by atoms with Crippen LogP contribution < -0.4 is 5.32 Å². The number of carbonyl (C=O) groups excluding carboxylic acids is 1. The second-order valence-electron chi connectivity index (χ2n) is 5.49. The van der Waals surface area contributed by atoms with Crippen LogP contribution in [0.2, 0.25) is 0 Å². The van der Waals surface area contributed by atoms with Crippen LogP contribution in [0.4, 0.5) is 4.39 Å². The number of benzene rings is 1. The molecule has 1 saturated carbocycles. The molecule has 19 heavy (non-hydrogen) atoms. The zero-order valence-corrected chi connectivity index (χ0v) is 11.9. The fourth-order valence-electron chi connectivity index (χ4n) is 2.64. The van der Waals surface area contributed by atoms with Crippen LogP contribution in [0.1, 0.15) is 41.6 Å². The molecule has 1 aliphatic rings. The lowest BCUT2D eigenvalue weighted by molar-refractivity contribution is 0.0935. The number of aryl methyl sites for hydroxylation is 1. The van der Waals surface area contributed by atoms with E-state index < -0.39 is 0 Å². The Morgan fingerprint density at radius 1 is 1.42 bits per heavy atom. The highest BCUT2D eigenvalue weighted by molar-refractivity contribution is 6.18. The van der Waals surface area contributed by atoms with E-state index in [0.717, 1.165) is 12.8 Å². The summed E-state index contributed by atoms with van der Waals surface area (Å²) in [5, 5.41) is 2.93. The highest BCUT2D eigenvalue weighted by atomic mass is 35.5. The molecular weight excluding hydrogens is 265 g/mol. The van der Waals surface area contributed by atoms with Crippen LogP contribution in [0, 0.1) is 18.2 Å². The van der Waals surface area contributed by atoms with Crippen molar-refractivity contribution in [3.63, 3.8) is 0 Å². The summed E-state index contributed by atoms with van der Waals surface area (Å²) in [6, 6.07) is 4.42. The van der Waals surface area contributed by atoms with Crippen molar-refractivity contribution in [2.45, 2.75) is 32.6 Å². The second kappa shape index (κ2) is 5.91. The zero-order chi connectivity index (χ0) is 13.9. The van der Waals surface area contributed by atoms with Gasteiger partial charge in [0.2, 0.25) is 0 Å². The smallest absolute Gasteiger partial charge is 0.251 e. The maximum atomic E-state index is 13.2. The Morgan fingerprint density at radius 2 is 2.11 bits per heavy atom. The zero-order valence-electron chi connectivity index (χ0n) is 11.1. The summed E-state index contributed by atoms with van der Waals surface area (Å²) in [6.07, 6.45) is 4.49. The molecule has 0 bridgehead atoms. The van der Waals surface area contributed by atoms with Gasteiger partial charge in [-0.3, -0.25) is 4.79 Å². The SMILES string of the molecule is Cc1cc(C(=O)NCC2(CCl)CCCC2)ccc1F. The van der Waals surface area contributed by atoms with Gasteiger partial charge in [0.25, 0.3) is 5.91 Å². The summed E-state index contributed by atoms with van der Waals surface area (Å²) in [7, 11) is 0. The van der Waals surface area contributed by atoms with Gasteiger partial charge < -0.3 is 5.32 Å². The Kier molecular flexibility index (Phi) is 4.46. The second-order valence-corrected chi connectivity index (χ2v) is 5.75. The molecular formula is C15H19ClFNO. The van der Waals surface area contributed by atoms with Crippen molar-refractivity contribution in [1.82, 2.24) is 5.32 Å². The van der Waals surface area contributed by atoms with Gasteiger partial charge in [-0.15, -0.1) is 11.6 Å². The standard InChI is InChI=1S/C15H19ClFNO/c1-11-8-12(4-5-13(11)17)14(19)18-10-15(9-16)6-2-3-7-15/h4-5,8H,2-3,6-7,9-10H2,1H3,(H,18,19). The minimum Gasteiger partial charge on any atom is -0.351 e. The summed E-state index contributed by atoms with van der Waals surface area (Å²) in [4.78, 5) is 12.0. The summed E-state index contributed by atoms with van der Waals surface area (Å²) in [6.45, 7) is 2.26. The van der Waals surface area contributed by atoms with Crippen molar-refractivity contribution in [2.75, 3.05) is 12.4 Å². The van der Waals surface area contributed by atoms with Crippen LogP contribution in [0.5, 0.6) is 0 Å². The van der Waals surface area contributed by atoms with Crippen LogP contribution in [0.3, 0.4) is 0 Å². The van der Waals surface area contributed by atoms with E-state index in [1.54, 1.807) is 13.0 Å². The van der Waals surface area contributed by atoms with E-state index in [4.69, 9.17) is 11.6 Å². The molecule has 0 saturated heterocycles. The molecule has 2 rings (SSSR count). The van der Waals surface area contributed by atoms with Crippen LogP contribution >= 0.6 is 11.6 Å². The van der Waals surface area contributed by atoms with Crippen molar-refractivity contribution in [3.8, 4) is 0 Å². The first-order valence-electron chi connectivity index (χ1n) is 6.67.